The lowest BCUT2D eigenvalue weighted by atomic mass is 10.1. The van der Waals surface area contributed by atoms with Crippen LogP contribution in [0.15, 0.2) is 76.4 Å². The molecule has 9 nitrogen and oxygen atoms in total. The number of sulfonamides is 1. The second-order valence-electron chi connectivity index (χ2n) is 7.29. The molecule has 1 aromatic heterocycles. The molecule has 10 heteroatoms. The number of aromatic amines is 2. The molecule has 33 heavy (non-hydrogen) atoms. The summed E-state index contributed by atoms with van der Waals surface area (Å²) in [6.07, 6.45) is 0.610. The van der Waals surface area contributed by atoms with Crippen molar-refractivity contribution in [3.05, 3.63) is 88.3 Å². The van der Waals surface area contributed by atoms with Gasteiger partial charge in [-0.1, -0.05) is 24.3 Å². The van der Waals surface area contributed by atoms with E-state index >= 15 is 0 Å². The quantitative estimate of drug-likeness (QED) is 0.317. The maximum Gasteiger partial charge on any atom is 0.323 e. The van der Waals surface area contributed by atoms with Gasteiger partial charge in [0.05, 0.1) is 34.3 Å². The molecule has 4 aromatic rings. The predicted octanol–water partition coefficient (Wildman–Crippen LogP) is 2.64. The number of methoxy groups -OCH3 is 1. The van der Waals surface area contributed by atoms with E-state index in [2.05, 4.69) is 20.0 Å². The number of ether oxygens (including phenoxy) is 1. The van der Waals surface area contributed by atoms with Gasteiger partial charge in [0, 0.05) is 6.54 Å². The van der Waals surface area contributed by atoms with E-state index in [1.54, 1.807) is 25.3 Å². The Bertz CT molecular complexity index is 1460. The average molecular weight is 467 g/mol. The van der Waals surface area contributed by atoms with E-state index in [1.807, 2.05) is 24.3 Å². The SMILES string of the molecule is COc1ccc(CCNC(=O)c2ccccc2NS(=O)(=O)c2ccc3[nH]c(=O)[nH]c3c2)cc1. The summed E-state index contributed by atoms with van der Waals surface area (Å²) in [4.78, 5) is 29.2. The minimum absolute atomic E-state index is 0.0417. The molecule has 1 amide bonds. The van der Waals surface area contributed by atoms with Crippen molar-refractivity contribution in [2.45, 2.75) is 11.3 Å². The molecule has 0 spiro atoms. The monoisotopic (exact) mass is 466 g/mol. The van der Waals surface area contributed by atoms with Gasteiger partial charge in [0.15, 0.2) is 0 Å². The van der Waals surface area contributed by atoms with Crippen LogP contribution in [0.3, 0.4) is 0 Å². The minimum atomic E-state index is -4.00. The lowest BCUT2D eigenvalue weighted by Gasteiger charge is -2.13. The average Bonchev–Trinajstić information content (AvgIpc) is 3.19. The molecule has 4 rings (SSSR count). The third kappa shape index (κ3) is 5.07. The molecule has 0 aliphatic carbocycles. The van der Waals surface area contributed by atoms with Crippen LogP contribution in [0.1, 0.15) is 15.9 Å². The van der Waals surface area contributed by atoms with Crippen LogP contribution in [-0.4, -0.2) is 37.9 Å². The second-order valence-corrected chi connectivity index (χ2v) is 8.97. The number of rotatable bonds is 8. The number of imidazole rings is 1. The van der Waals surface area contributed by atoms with E-state index in [0.717, 1.165) is 11.3 Å². The number of anilines is 1. The van der Waals surface area contributed by atoms with Gasteiger partial charge in [0.25, 0.3) is 15.9 Å². The van der Waals surface area contributed by atoms with Crippen molar-refractivity contribution >= 4 is 32.7 Å². The number of amides is 1. The number of nitrogens with one attached hydrogen (secondary N) is 4. The zero-order valence-corrected chi connectivity index (χ0v) is 18.5. The molecule has 170 valence electrons. The van der Waals surface area contributed by atoms with E-state index in [-0.39, 0.29) is 16.1 Å². The highest BCUT2D eigenvalue weighted by Crippen LogP contribution is 2.22. The topological polar surface area (TPSA) is 133 Å². The largest absolute Gasteiger partial charge is 0.497 e. The van der Waals surface area contributed by atoms with Gasteiger partial charge >= 0.3 is 5.69 Å². The molecular formula is C23H22N4O5S. The summed E-state index contributed by atoms with van der Waals surface area (Å²) in [6, 6.07) is 18.1. The van der Waals surface area contributed by atoms with Crippen LogP contribution in [0.25, 0.3) is 11.0 Å². The molecule has 0 aliphatic heterocycles. The molecule has 0 unspecified atom stereocenters. The molecule has 0 fully saturated rings. The van der Waals surface area contributed by atoms with Crippen molar-refractivity contribution in [1.29, 1.82) is 0 Å². The van der Waals surface area contributed by atoms with Gasteiger partial charge in [-0.3, -0.25) is 9.52 Å². The smallest absolute Gasteiger partial charge is 0.323 e. The van der Waals surface area contributed by atoms with Gasteiger partial charge in [-0.15, -0.1) is 0 Å². The van der Waals surface area contributed by atoms with Crippen LogP contribution in [0.5, 0.6) is 5.75 Å². The number of benzene rings is 3. The van der Waals surface area contributed by atoms with Crippen molar-refractivity contribution in [1.82, 2.24) is 15.3 Å². The molecule has 0 aliphatic rings. The molecule has 3 aromatic carbocycles. The van der Waals surface area contributed by atoms with Crippen molar-refractivity contribution < 1.29 is 17.9 Å². The van der Waals surface area contributed by atoms with Gasteiger partial charge in [-0.2, -0.15) is 0 Å². The van der Waals surface area contributed by atoms with Gasteiger partial charge in [0.1, 0.15) is 5.75 Å². The van der Waals surface area contributed by atoms with E-state index in [1.165, 1.54) is 24.3 Å². The number of aromatic nitrogens is 2. The Labute approximate surface area is 189 Å². The molecule has 1 heterocycles. The number of para-hydroxylation sites is 1. The zero-order chi connectivity index (χ0) is 23.4. The molecular weight excluding hydrogens is 444 g/mol. The van der Waals surface area contributed by atoms with Gasteiger partial charge in [0.2, 0.25) is 0 Å². The lowest BCUT2D eigenvalue weighted by Crippen LogP contribution is -2.27. The summed E-state index contributed by atoms with van der Waals surface area (Å²) in [7, 11) is -2.40. The summed E-state index contributed by atoms with van der Waals surface area (Å²) in [5.74, 6) is 0.359. The number of hydrogen-bond donors (Lipinski definition) is 4. The number of carbonyl (C=O) groups is 1. The fourth-order valence-electron chi connectivity index (χ4n) is 3.36. The first-order valence-corrected chi connectivity index (χ1v) is 11.6. The van der Waals surface area contributed by atoms with Crippen LogP contribution in [0.4, 0.5) is 5.69 Å². The number of carbonyl (C=O) groups excluding carboxylic acids is 1. The highest BCUT2D eigenvalue weighted by molar-refractivity contribution is 7.92. The first-order valence-electron chi connectivity index (χ1n) is 10.1. The Kier molecular flexibility index (Phi) is 6.18. The molecule has 0 atom stereocenters. The summed E-state index contributed by atoms with van der Waals surface area (Å²) >= 11 is 0. The molecule has 0 saturated heterocycles. The minimum Gasteiger partial charge on any atom is -0.497 e. The fourth-order valence-corrected chi connectivity index (χ4v) is 4.47. The maximum absolute atomic E-state index is 12.9. The molecule has 0 saturated carbocycles. The molecule has 4 N–H and O–H groups in total. The Morgan fingerprint density at radius 2 is 1.70 bits per heavy atom. The summed E-state index contributed by atoms with van der Waals surface area (Å²) in [5.41, 5.74) is 1.82. The van der Waals surface area contributed by atoms with E-state index in [4.69, 9.17) is 4.74 Å². The lowest BCUT2D eigenvalue weighted by molar-refractivity contribution is 0.0955. The fraction of sp³-hybridized carbons (Fsp3) is 0.130. The van der Waals surface area contributed by atoms with Crippen LogP contribution in [-0.2, 0) is 16.4 Å². The third-order valence-corrected chi connectivity index (χ3v) is 6.44. The number of hydrogen-bond acceptors (Lipinski definition) is 5. The first kappa shape index (κ1) is 22.2. The predicted molar refractivity (Wildman–Crippen MR) is 125 cm³/mol. The second kappa shape index (κ2) is 9.21. The molecule has 0 radical (unpaired) electrons. The maximum atomic E-state index is 12.9. The Morgan fingerprint density at radius 3 is 2.45 bits per heavy atom. The number of H-pyrrole nitrogens is 2. The third-order valence-electron chi connectivity index (χ3n) is 5.07. The first-order chi connectivity index (χ1) is 15.9. The normalized spacial score (nSPS) is 11.3. The van der Waals surface area contributed by atoms with Gasteiger partial charge < -0.3 is 20.0 Å². The van der Waals surface area contributed by atoms with Crippen molar-refractivity contribution in [3.63, 3.8) is 0 Å². The van der Waals surface area contributed by atoms with Crippen molar-refractivity contribution in [2.75, 3.05) is 18.4 Å². The Morgan fingerprint density at radius 1 is 0.970 bits per heavy atom. The highest BCUT2D eigenvalue weighted by Gasteiger charge is 2.19. The summed E-state index contributed by atoms with van der Waals surface area (Å²) in [5, 5.41) is 2.82. The summed E-state index contributed by atoms with van der Waals surface area (Å²) < 4.78 is 33.5. The number of fused-ring (bicyclic) bond motifs is 1. The van der Waals surface area contributed by atoms with Crippen LogP contribution in [0.2, 0.25) is 0 Å². The van der Waals surface area contributed by atoms with Crippen molar-refractivity contribution in [3.8, 4) is 5.75 Å². The Hall–Kier alpha value is -4.05. The van der Waals surface area contributed by atoms with E-state index in [9.17, 15) is 18.0 Å². The highest BCUT2D eigenvalue weighted by atomic mass is 32.2. The summed E-state index contributed by atoms with van der Waals surface area (Å²) in [6.45, 7) is 0.379. The Balaban J connectivity index is 1.47. The van der Waals surface area contributed by atoms with Crippen molar-refractivity contribution in [2.24, 2.45) is 0 Å². The van der Waals surface area contributed by atoms with Crippen LogP contribution in [0, 0.1) is 0 Å². The van der Waals surface area contributed by atoms with Gasteiger partial charge in [-0.05, 0) is 54.4 Å². The van der Waals surface area contributed by atoms with Gasteiger partial charge in [-0.25, -0.2) is 13.2 Å². The standard InChI is InChI=1S/C23H22N4O5S/c1-32-16-8-6-15(7-9-16)12-13-24-22(28)18-4-2-3-5-19(18)27-33(30,31)17-10-11-20-21(14-17)26-23(29)25-20/h2-11,14,27H,12-13H2,1H3,(H,24,28)(H2,25,26,29). The molecule has 0 bridgehead atoms. The van der Waals surface area contributed by atoms with E-state index in [0.29, 0.717) is 24.0 Å². The van der Waals surface area contributed by atoms with Crippen LogP contribution < -0.4 is 20.5 Å². The van der Waals surface area contributed by atoms with Crippen LogP contribution >= 0.6 is 0 Å². The van der Waals surface area contributed by atoms with E-state index < -0.39 is 21.6 Å². The zero-order valence-electron chi connectivity index (χ0n) is 17.7.